The van der Waals surface area contributed by atoms with Gasteiger partial charge in [-0.25, -0.2) is 13.6 Å². The van der Waals surface area contributed by atoms with Crippen molar-refractivity contribution in [1.82, 2.24) is 10.3 Å². The van der Waals surface area contributed by atoms with Gasteiger partial charge < -0.3 is 20.7 Å². The molecule has 3 aromatic rings. The zero-order valence-corrected chi connectivity index (χ0v) is 17.8. The zero-order chi connectivity index (χ0) is 25.0. The number of hydrogen-bond acceptors (Lipinski definition) is 4. The van der Waals surface area contributed by atoms with Crippen LogP contribution in [0.5, 0.6) is 11.5 Å². The largest absolute Gasteiger partial charge is 0.454 e. The van der Waals surface area contributed by atoms with Crippen molar-refractivity contribution in [3.8, 4) is 11.5 Å². The third-order valence-electron chi connectivity index (χ3n) is 4.22. The van der Waals surface area contributed by atoms with E-state index >= 15 is 0 Å². The fraction of sp³-hybridized carbons (Fsp3) is 0.0952. The highest BCUT2D eigenvalue weighted by Crippen LogP contribution is 2.36. The van der Waals surface area contributed by atoms with Gasteiger partial charge in [0.15, 0.2) is 17.4 Å². The highest BCUT2D eigenvalue weighted by Gasteiger charge is 2.33. The molecule has 0 saturated heterocycles. The van der Waals surface area contributed by atoms with Crippen molar-refractivity contribution in [1.29, 1.82) is 0 Å². The molecule has 1 aromatic heterocycles. The second kappa shape index (κ2) is 9.91. The molecule has 0 aliphatic rings. The van der Waals surface area contributed by atoms with Crippen LogP contribution in [-0.2, 0) is 6.18 Å². The normalized spacial score (nSPS) is 11.0. The predicted molar refractivity (Wildman–Crippen MR) is 113 cm³/mol. The molecule has 178 valence electrons. The molecular weight excluding hydrogens is 487 g/mol. The van der Waals surface area contributed by atoms with E-state index in [9.17, 15) is 31.5 Å². The first-order chi connectivity index (χ1) is 16.0. The highest BCUT2D eigenvalue weighted by atomic mass is 35.5. The number of benzene rings is 2. The Morgan fingerprint density at radius 2 is 1.74 bits per heavy atom. The van der Waals surface area contributed by atoms with Gasteiger partial charge >= 0.3 is 12.2 Å². The summed E-state index contributed by atoms with van der Waals surface area (Å²) in [5, 5.41) is 5.86. The number of urea groups is 1. The van der Waals surface area contributed by atoms with Crippen LogP contribution in [0.15, 0.2) is 48.7 Å². The van der Waals surface area contributed by atoms with Crippen molar-refractivity contribution in [3.63, 3.8) is 0 Å². The molecule has 0 spiro atoms. The number of carbonyl (C=O) groups excluding carboxylic acids is 2. The van der Waals surface area contributed by atoms with E-state index in [0.717, 1.165) is 12.1 Å². The molecule has 3 N–H and O–H groups in total. The average Bonchev–Trinajstić information content (AvgIpc) is 2.77. The van der Waals surface area contributed by atoms with E-state index in [1.165, 1.54) is 25.4 Å². The van der Waals surface area contributed by atoms with E-state index in [-0.39, 0.29) is 17.1 Å². The molecular formula is C21H14ClF5N4O3. The summed E-state index contributed by atoms with van der Waals surface area (Å²) < 4.78 is 73.0. The van der Waals surface area contributed by atoms with Crippen molar-refractivity contribution >= 4 is 34.9 Å². The molecule has 0 radical (unpaired) electrons. The van der Waals surface area contributed by atoms with E-state index in [2.05, 4.69) is 15.6 Å². The van der Waals surface area contributed by atoms with Gasteiger partial charge in [0, 0.05) is 37.1 Å². The molecule has 3 amide bonds. The summed E-state index contributed by atoms with van der Waals surface area (Å²) in [5.74, 6) is -3.25. The van der Waals surface area contributed by atoms with Crippen LogP contribution in [0.25, 0.3) is 0 Å². The molecule has 2 aromatic carbocycles. The molecule has 0 saturated carbocycles. The van der Waals surface area contributed by atoms with Gasteiger partial charge in [0.1, 0.15) is 11.4 Å². The maximum atomic E-state index is 14.4. The minimum atomic E-state index is -4.76. The first-order valence-corrected chi connectivity index (χ1v) is 9.65. The number of anilines is 2. The lowest BCUT2D eigenvalue weighted by molar-refractivity contribution is -0.137. The summed E-state index contributed by atoms with van der Waals surface area (Å²) in [6.45, 7) is 0. The molecule has 0 bridgehead atoms. The summed E-state index contributed by atoms with van der Waals surface area (Å²) in [5.41, 5.74) is -2.08. The molecule has 0 atom stereocenters. The number of aromatic nitrogens is 1. The molecule has 0 aliphatic heterocycles. The van der Waals surface area contributed by atoms with Crippen LogP contribution in [0.3, 0.4) is 0 Å². The van der Waals surface area contributed by atoms with Gasteiger partial charge in [-0.3, -0.25) is 9.78 Å². The SMILES string of the molecule is CNC(=O)c1cc(Oc2cc(F)c(NC(=O)Nc3ccc(Cl)c(C(F)(F)F)c3)cc2F)ccn1. The van der Waals surface area contributed by atoms with Crippen LogP contribution < -0.4 is 20.7 Å². The number of amides is 3. The fourth-order valence-electron chi connectivity index (χ4n) is 2.66. The fourth-order valence-corrected chi connectivity index (χ4v) is 2.89. The van der Waals surface area contributed by atoms with Crippen LogP contribution >= 0.6 is 11.6 Å². The number of alkyl halides is 3. The Balaban J connectivity index is 1.74. The Morgan fingerprint density at radius 3 is 2.41 bits per heavy atom. The van der Waals surface area contributed by atoms with E-state index in [4.69, 9.17) is 16.3 Å². The summed E-state index contributed by atoms with van der Waals surface area (Å²) in [6.07, 6.45) is -3.53. The minimum Gasteiger partial charge on any atom is -0.454 e. The lowest BCUT2D eigenvalue weighted by Gasteiger charge is -2.13. The third-order valence-corrected chi connectivity index (χ3v) is 4.55. The maximum absolute atomic E-state index is 14.4. The predicted octanol–water partition coefficient (Wildman–Crippen LogP) is 5.83. The summed E-state index contributed by atoms with van der Waals surface area (Å²) in [7, 11) is 1.39. The number of halogens is 6. The van der Waals surface area contributed by atoms with Crippen LogP contribution in [0, 0.1) is 11.6 Å². The van der Waals surface area contributed by atoms with Crippen LogP contribution in [-0.4, -0.2) is 24.0 Å². The molecule has 34 heavy (non-hydrogen) atoms. The Bertz CT molecular complexity index is 1250. The third kappa shape index (κ3) is 5.90. The van der Waals surface area contributed by atoms with Crippen LogP contribution in [0.4, 0.5) is 38.1 Å². The molecule has 0 fully saturated rings. The van der Waals surface area contributed by atoms with Gasteiger partial charge in [-0.1, -0.05) is 11.6 Å². The topological polar surface area (TPSA) is 92.4 Å². The van der Waals surface area contributed by atoms with Crippen LogP contribution in [0.1, 0.15) is 16.1 Å². The quantitative estimate of drug-likeness (QED) is 0.384. The Morgan fingerprint density at radius 1 is 1.00 bits per heavy atom. The van der Waals surface area contributed by atoms with Crippen molar-refractivity contribution in [2.75, 3.05) is 17.7 Å². The van der Waals surface area contributed by atoms with E-state index < -0.39 is 51.8 Å². The van der Waals surface area contributed by atoms with E-state index in [0.29, 0.717) is 18.2 Å². The number of rotatable bonds is 5. The van der Waals surface area contributed by atoms with Gasteiger partial charge in [-0.05, 0) is 24.3 Å². The molecule has 3 rings (SSSR count). The lowest BCUT2D eigenvalue weighted by atomic mass is 10.2. The number of nitrogens with zero attached hydrogens (tertiary/aromatic N) is 1. The first kappa shape index (κ1) is 24.7. The van der Waals surface area contributed by atoms with Crippen molar-refractivity contribution in [2.24, 2.45) is 0 Å². The number of nitrogens with one attached hydrogen (secondary N) is 3. The Hall–Kier alpha value is -3.93. The highest BCUT2D eigenvalue weighted by molar-refractivity contribution is 6.31. The summed E-state index contributed by atoms with van der Waals surface area (Å²) in [4.78, 5) is 27.5. The second-order valence-electron chi connectivity index (χ2n) is 6.59. The van der Waals surface area contributed by atoms with E-state index in [1.807, 2.05) is 5.32 Å². The monoisotopic (exact) mass is 500 g/mol. The molecule has 0 aliphatic carbocycles. The molecule has 13 heteroatoms. The van der Waals surface area contributed by atoms with Gasteiger partial charge in [0.25, 0.3) is 5.91 Å². The van der Waals surface area contributed by atoms with Gasteiger partial charge in [0.2, 0.25) is 0 Å². The average molecular weight is 501 g/mol. The lowest BCUT2D eigenvalue weighted by Crippen LogP contribution is -2.20. The van der Waals surface area contributed by atoms with E-state index in [1.54, 1.807) is 0 Å². The smallest absolute Gasteiger partial charge is 0.417 e. The summed E-state index contributed by atoms with van der Waals surface area (Å²) >= 11 is 5.51. The van der Waals surface area contributed by atoms with Crippen molar-refractivity contribution in [2.45, 2.75) is 6.18 Å². The molecule has 1 heterocycles. The van der Waals surface area contributed by atoms with Crippen molar-refractivity contribution < 1.29 is 36.3 Å². The number of hydrogen-bond donors (Lipinski definition) is 3. The number of pyridine rings is 1. The first-order valence-electron chi connectivity index (χ1n) is 9.27. The van der Waals surface area contributed by atoms with Crippen molar-refractivity contribution in [3.05, 3.63) is 76.6 Å². The van der Waals surface area contributed by atoms with Crippen LogP contribution in [0.2, 0.25) is 5.02 Å². The second-order valence-corrected chi connectivity index (χ2v) is 7.00. The number of carbonyl (C=O) groups is 2. The zero-order valence-electron chi connectivity index (χ0n) is 17.1. The number of ether oxygens (including phenoxy) is 1. The summed E-state index contributed by atoms with van der Waals surface area (Å²) in [6, 6.07) is 5.28. The molecule has 0 unspecified atom stereocenters. The Labute approximate surface area is 193 Å². The minimum absolute atomic E-state index is 0.00596. The van der Waals surface area contributed by atoms with Gasteiger partial charge in [0.05, 0.1) is 16.3 Å². The Kier molecular flexibility index (Phi) is 7.20. The maximum Gasteiger partial charge on any atom is 0.417 e. The standard InChI is InChI=1S/C21H14ClF5N4O3/c1-28-19(32)17-7-11(4-5-29-17)34-18-9-14(23)16(8-15(18)24)31-20(33)30-10-2-3-13(22)12(6-10)21(25,26)27/h2-9H,1H3,(H,28,32)(H2,30,31,33). The van der Waals surface area contributed by atoms with Gasteiger partial charge in [-0.15, -0.1) is 0 Å². The van der Waals surface area contributed by atoms with Gasteiger partial charge in [-0.2, -0.15) is 13.2 Å². The molecule has 7 nitrogen and oxygen atoms in total.